The molecule has 1 aromatic heterocycles. The highest BCUT2D eigenvalue weighted by molar-refractivity contribution is 7.98. The number of fused-ring (bicyclic) bond motifs is 1. The van der Waals surface area contributed by atoms with Crippen molar-refractivity contribution in [2.24, 2.45) is 0 Å². The first-order valence-electron chi connectivity index (χ1n) is 9.17. The minimum Gasteiger partial charge on any atom is -0.280 e. The van der Waals surface area contributed by atoms with Gasteiger partial charge in [0.05, 0.1) is 16.1 Å². The molecule has 4 nitrogen and oxygen atoms in total. The molecular weight excluding hydrogens is 400 g/mol. The number of aromatic nitrogens is 1. The standard InChI is InChI=1S/C23H20N2O2S2/c1-17-6-14-22(15-7-17)29(26,27)25-19-10-12-21(13-11-19)28-16-20-9-8-18-4-2-3-5-23(18)24-20/h2-15,25H,16H2,1H3. The van der Waals surface area contributed by atoms with E-state index in [1.165, 1.54) is 0 Å². The van der Waals surface area contributed by atoms with E-state index in [1.807, 2.05) is 43.3 Å². The summed E-state index contributed by atoms with van der Waals surface area (Å²) in [5, 5.41) is 1.13. The highest BCUT2D eigenvalue weighted by atomic mass is 32.2. The molecule has 0 unspecified atom stereocenters. The number of thioether (sulfide) groups is 1. The van der Waals surface area contributed by atoms with Crippen molar-refractivity contribution in [2.75, 3.05) is 4.72 Å². The van der Waals surface area contributed by atoms with Crippen molar-refractivity contribution in [3.05, 3.63) is 96.2 Å². The van der Waals surface area contributed by atoms with Gasteiger partial charge < -0.3 is 0 Å². The summed E-state index contributed by atoms with van der Waals surface area (Å²) in [6.07, 6.45) is 0. The van der Waals surface area contributed by atoms with Gasteiger partial charge in [-0.3, -0.25) is 9.71 Å². The summed E-state index contributed by atoms with van der Waals surface area (Å²) in [6, 6.07) is 26.4. The Morgan fingerprint density at radius 3 is 2.34 bits per heavy atom. The Kier molecular flexibility index (Phi) is 5.56. The normalized spacial score (nSPS) is 11.5. The van der Waals surface area contributed by atoms with Crippen LogP contribution in [0.2, 0.25) is 0 Å². The van der Waals surface area contributed by atoms with E-state index in [1.54, 1.807) is 48.2 Å². The first-order valence-corrected chi connectivity index (χ1v) is 11.6. The van der Waals surface area contributed by atoms with Crippen LogP contribution in [-0.2, 0) is 15.8 Å². The summed E-state index contributed by atoms with van der Waals surface area (Å²) in [7, 11) is -3.59. The molecular formula is C23H20N2O2S2. The molecule has 0 saturated carbocycles. The van der Waals surface area contributed by atoms with E-state index in [9.17, 15) is 8.42 Å². The van der Waals surface area contributed by atoms with E-state index >= 15 is 0 Å². The molecule has 1 heterocycles. The highest BCUT2D eigenvalue weighted by Gasteiger charge is 2.13. The van der Waals surface area contributed by atoms with Gasteiger partial charge in [-0.25, -0.2) is 8.42 Å². The summed E-state index contributed by atoms with van der Waals surface area (Å²) in [5.41, 5.74) is 3.56. The second-order valence-electron chi connectivity index (χ2n) is 6.73. The topological polar surface area (TPSA) is 59.1 Å². The molecule has 0 aliphatic carbocycles. The Morgan fingerprint density at radius 2 is 1.59 bits per heavy atom. The molecule has 29 heavy (non-hydrogen) atoms. The van der Waals surface area contributed by atoms with Crippen LogP contribution in [0.5, 0.6) is 0 Å². The number of para-hydroxylation sites is 1. The zero-order valence-electron chi connectivity index (χ0n) is 15.9. The van der Waals surface area contributed by atoms with Crippen molar-refractivity contribution in [1.29, 1.82) is 0 Å². The third kappa shape index (κ3) is 4.78. The Balaban J connectivity index is 1.41. The van der Waals surface area contributed by atoms with Gasteiger partial charge in [0.15, 0.2) is 0 Å². The molecule has 6 heteroatoms. The third-order valence-corrected chi connectivity index (χ3v) is 6.92. The molecule has 0 saturated heterocycles. The number of sulfonamides is 1. The van der Waals surface area contributed by atoms with Crippen LogP contribution in [0.15, 0.2) is 94.7 Å². The van der Waals surface area contributed by atoms with Gasteiger partial charge in [-0.15, -0.1) is 11.8 Å². The van der Waals surface area contributed by atoms with Gasteiger partial charge in [-0.05, 0) is 55.5 Å². The minimum absolute atomic E-state index is 0.254. The molecule has 4 aromatic rings. The Hall–Kier alpha value is -2.83. The van der Waals surface area contributed by atoms with Crippen LogP contribution >= 0.6 is 11.8 Å². The average molecular weight is 421 g/mol. The summed E-state index contributed by atoms with van der Waals surface area (Å²) in [4.78, 5) is 5.99. The third-order valence-electron chi connectivity index (χ3n) is 4.48. The quantitative estimate of drug-likeness (QED) is 0.410. The number of hydrogen-bond donors (Lipinski definition) is 1. The smallest absolute Gasteiger partial charge is 0.261 e. The number of hydrogen-bond acceptors (Lipinski definition) is 4. The molecule has 0 atom stereocenters. The number of aryl methyl sites for hydroxylation is 1. The molecule has 1 N–H and O–H groups in total. The van der Waals surface area contributed by atoms with Crippen molar-refractivity contribution in [1.82, 2.24) is 4.98 Å². The zero-order chi connectivity index (χ0) is 20.3. The lowest BCUT2D eigenvalue weighted by Gasteiger charge is -2.09. The SMILES string of the molecule is Cc1ccc(S(=O)(=O)Nc2ccc(SCc3ccc4ccccc4n3)cc2)cc1. The lowest BCUT2D eigenvalue weighted by atomic mass is 10.2. The number of rotatable bonds is 6. The summed E-state index contributed by atoms with van der Waals surface area (Å²) in [6.45, 7) is 1.92. The van der Waals surface area contributed by atoms with Crippen LogP contribution in [-0.4, -0.2) is 13.4 Å². The maximum absolute atomic E-state index is 12.5. The second kappa shape index (κ2) is 8.27. The van der Waals surface area contributed by atoms with Gasteiger partial charge in [0.1, 0.15) is 0 Å². The van der Waals surface area contributed by atoms with Gasteiger partial charge in [0.25, 0.3) is 10.0 Å². The van der Waals surface area contributed by atoms with E-state index in [2.05, 4.69) is 21.8 Å². The molecule has 146 valence electrons. The number of pyridine rings is 1. The first kappa shape index (κ1) is 19.5. The van der Waals surface area contributed by atoms with E-state index in [4.69, 9.17) is 0 Å². The van der Waals surface area contributed by atoms with Crippen LogP contribution in [0.25, 0.3) is 10.9 Å². The van der Waals surface area contributed by atoms with Crippen molar-refractivity contribution in [3.63, 3.8) is 0 Å². The van der Waals surface area contributed by atoms with E-state index in [0.29, 0.717) is 5.69 Å². The van der Waals surface area contributed by atoms with Crippen molar-refractivity contribution < 1.29 is 8.42 Å². The molecule has 3 aromatic carbocycles. The number of nitrogens with one attached hydrogen (secondary N) is 1. The Morgan fingerprint density at radius 1 is 0.862 bits per heavy atom. The number of benzene rings is 3. The molecule has 0 amide bonds. The molecule has 0 aliphatic rings. The highest BCUT2D eigenvalue weighted by Crippen LogP contribution is 2.25. The van der Waals surface area contributed by atoms with Crippen LogP contribution in [0.1, 0.15) is 11.3 Å². The van der Waals surface area contributed by atoms with E-state index in [-0.39, 0.29) is 4.90 Å². The molecule has 0 fully saturated rings. The predicted molar refractivity (Wildman–Crippen MR) is 120 cm³/mol. The van der Waals surface area contributed by atoms with E-state index in [0.717, 1.165) is 32.8 Å². The fourth-order valence-corrected chi connectivity index (χ4v) is 4.76. The maximum atomic E-state index is 12.5. The summed E-state index contributed by atoms with van der Waals surface area (Å²) in [5.74, 6) is 0.749. The van der Waals surface area contributed by atoms with Gasteiger partial charge in [-0.2, -0.15) is 0 Å². The van der Waals surface area contributed by atoms with Gasteiger partial charge in [-0.1, -0.05) is 42.0 Å². The lowest BCUT2D eigenvalue weighted by Crippen LogP contribution is -2.12. The molecule has 0 spiro atoms. The molecule has 0 aliphatic heterocycles. The van der Waals surface area contributed by atoms with E-state index < -0.39 is 10.0 Å². The van der Waals surface area contributed by atoms with Gasteiger partial charge in [0, 0.05) is 21.7 Å². The minimum atomic E-state index is -3.59. The monoisotopic (exact) mass is 420 g/mol. The fourth-order valence-electron chi connectivity index (χ4n) is 2.90. The predicted octanol–water partition coefficient (Wildman–Crippen LogP) is 5.64. The van der Waals surface area contributed by atoms with Crippen molar-refractivity contribution >= 4 is 38.4 Å². The summed E-state index contributed by atoms with van der Waals surface area (Å²) >= 11 is 1.67. The summed E-state index contributed by atoms with van der Waals surface area (Å²) < 4.78 is 27.6. The zero-order valence-corrected chi connectivity index (χ0v) is 17.5. The molecule has 0 bridgehead atoms. The van der Waals surface area contributed by atoms with Crippen LogP contribution in [0, 0.1) is 6.92 Å². The fraction of sp³-hybridized carbons (Fsp3) is 0.0870. The molecule has 0 radical (unpaired) electrons. The van der Waals surface area contributed by atoms with Crippen LogP contribution < -0.4 is 4.72 Å². The number of anilines is 1. The first-order chi connectivity index (χ1) is 14.0. The maximum Gasteiger partial charge on any atom is 0.261 e. The van der Waals surface area contributed by atoms with Crippen molar-refractivity contribution in [3.8, 4) is 0 Å². The lowest BCUT2D eigenvalue weighted by molar-refractivity contribution is 0.601. The van der Waals surface area contributed by atoms with Gasteiger partial charge >= 0.3 is 0 Å². The second-order valence-corrected chi connectivity index (χ2v) is 9.46. The van der Waals surface area contributed by atoms with Crippen molar-refractivity contribution in [2.45, 2.75) is 22.5 Å². The van der Waals surface area contributed by atoms with Crippen LogP contribution in [0.3, 0.4) is 0 Å². The Bertz CT molecular complexity index is 1240. The average Bonchev–Trinajstić information content (AvgIpc) is 2.73. The molecule has 4 rings (SSSR count). The van der Waals surface area contributed by atoms with Crippen LogP contribution in [0.4, 0.5) is 5.69 Å². The number of nitrogens with zero attached hydrogens (tertiary/aromatic N) is 1. The van der Waals surface area contributed by atoms with Gasteiger partial charge in [0.2, 0.25) is 0 Å². The largest absolute Gasteiger partial charge is 0.280 e. The Labute approximate surface area is 175 Å².